The minimum Gasteiger partial charge on any atom is -0.461 e. The van der Waals surface area contributed by atoms with Gasteiger partial charge >= 0.3 is 5.97 Å². The highest BCUT2D eigenvalue weighted by molar-refractivity contribution is 6.30. The van der Waals surface area contributed by atoms with Gasteiger partial charge in [-0.2, -0.15) is 0 Å². The lowest BCUT2D eigenvalue weighted by molar-refractivity contribution is -0.145. The molecule has 2 aromatic carbocycles. The maximum atomic E-state index is 12.2. The van der Waals surface area contributed by atoms with E-state index in [-0.39, 0.29) is 24.8 Å². The first-order valence-corrected chi connectivity index (χ1v) is 7.43. The van der Waals surface area contributed by atoms with Gasteiger partial charge in [0, 0.05) is 16.5 Å². The highest BCUT2D eigenvalue weighted by atomic mass is 35.5. The van der Waals surface area contributed by atoms with E-state index in [1.54, 1.807) is 31.2 Å². The van der Waals surface area contributed by atoms with Crippen LogP contribution in [0.2, 0.25) is 5.02 Å². The van der Waals surface area contributed by atoms with Crippen LogP contribution < -0.4 is 0 Å². The van der Waals surface area contributed by atoms with Gasteiger partial charge in [0.15, 0.2) is 5.78 Å². The zero-order chi connectivity index (χ0) is 15.9. The lowest BCUT2D eigenvalue weighted by Gasteiger charge is -2.10. The summed E-state index contributed by atoms with van der Waals surface area (Å²) in [6.07, 6.45) is 0.0638. The van der Waals surface area contributed by atoms with E-state index in [9.17, 15) is 9.59 Å². The predicted molar refractivity (Wildman–Crippen MR) is 85.8 cm³/mol. The molecule has 0 bridgehead atoms. The highest BCUT2D eigenvalue weighted by Crippen LogP contribution is 2.16. The average molecular weight is 317 g/mol. The van der Waals surface area contributed by atoms with Crippen molar-refractivity contribution in [1.82, 2.24) is 0 Å². The Balaban J connectivity index is 1.85. The fourth-order valence-corrected chi connectivity index (χ4v) is 2.16. The van der Waals surface area contributed by atoms with Gasteiger partial charge in [0.25, 0.3) is 0 Å². The lowest BCUT2D eigenvalue weighted by Crippen LogP contribution is -2.17. The van der Waals surface area contributed by atoms with E-state index < -0.39 is 5.92 Å². The minimum absolute atomic E-state index is 0.0638. The molecule has 114 valence electrons. The Bertz CT molecular complexity index is 635. The van der Waals surface area contributed by atoms with Gasteiger partial charge in [-0.1, -0.05) is 48.9 Å². The number of hydrogen-bond acceptors (Lipinski definition) is 3. The second-order valence-electron chi connectivity index (χ2n) is 5.12. The fraction of sp³-hybridized carbons (Fsp3) is 0.222. The van der Waals surface area contributed by atoms with Crippen molar-refractivity contribution in [1.29, 1.82) is 0 Å². The topological polar surface area (TPSA) is 43.4 Å². The van der Waals surface area contributed by atoms with E-state index in [0.717, 1.165) is 5.56 Å². The molecular formula is C18H17ClO3. The molecule has 0 N–H and O–H groups in total. The summed E-state index contributed by atoms with van der Waals surface area (Å²) in [5.41, 5.74) is 1.47. The lowest BCUT2D eigenvalue weighted by atomic mass is 9.96. The van der Waals surface area contributed by atoms with Crippen molar-refractivity contribution in [3.8, 4) is 0 Å². The van der Waals surface area contributed by atoms with Crippen molar-refractivity contribution in [3.63, 3.8) is 0 Å². The highest BCUT2D eigenvalue weighted by Gasteiger charge is 2.19. The summed E-state index contributed by atoms with van der Waals surface area (Å²) in [4.78, 5) is 24.0. The molecule has 2 aromatic rings. The molecule has 0 aliphatic rings. The molecule has 0 aliphatic heterocycles. The number of ketones is 1. The molecule has 0 fully saturated rings. The van der Waals surface area contributed by atoms with Crippen LogP contribution in [0.4, 0.5) is 0 Å². The number of carbonyl (C=O) groups excluding carboxylic acids is 2. The molecule has 3 nitrogen and oxygen atoms in total. The Kier molecular flexibility index (Phi) is 5.73. The van der Waals surface area contributed by atoms with Gasteiger partial charge in [-0.05, 0) is 29.8 Å². The van der Waals surface area contributed by atoms with Crippen molar-refractivity contribution >= 4 is 23.4 Å². The van der Waals surface area contributed by atoms with Gasteiger partial charge < -0.3 is 4.74 Å². The summed E-state index contributed by atoms with van der Waals surface area (Å²) >= 11 is 5.79. The Labute approximate surface area is 134 Å². The second-order valence-corrected chi connectivity index (χ2v) is 5.56. The Hall–Kier alpha value is -2.13. The molecule has 0 spiro atoms. The molecule has 2 rings (SSSR count). The summed E-state index contributed by atoms with van der Waals surface area (Å²) in [7, 11) is 0. The molecule has 1 atom stereocenters. The van der Waals surface area contributed by atoms with Crippen LogP contribution in [0.25, 0.3) is 0 Å². The van der Waals surface area contributed by atoms with E-state index in [2.05, 4.69) is 0 Å². The second kappa shape index (κ2) is 7.76. The number of benzene rings is 2. The largest absolute Gasteiger partial charge is 0.461 e. The number of hydrogen-bond donors (Lipinski definition) is 0. The zero-order valence-electron chi connectivity index (χ0n) is 12.3. The third-order valence-electron chi connectivity index (χ3n) is 3.29. The van der Waals surface area contributed by atoms with Crippen LogP contribution in [-0.2, 0) is 16.1 Å². The van der Waals surface area contributed by atoms with Crippen molar-refractivity contribution in [2.75, 3.05) is 0 Å². The van der Waals surface area contributed by atoms with Gasteiger partial charge in [-0.15, -0.1) is 0 Å². The van der Waals surface area contributed by atoms with Crippen LogP contribution in [-0.4, -0.2) is 11.8 Å². The van der Waals surface area contributed by atoms with Crippen LogP contribution in [0, 0.1) is 5.92 Å². The van der Waals surface area contributed by atoms with Crippen LogP contribution in [0.1, 0.15) is 29.3 Å². The summed E-state index contributed by atoms with van der Waals surface area (Å²) in [6.45, 7) is 1.95. The third kappa shape index (κ3) is 4.71. The van der Waals surface area contributed by atoms with Crippen molar-refractivity contribution < 1.29 is 14.3 Å². The normalized spacial score (nSPS) is 11.7. The SMILES string of the molecule is C[C@H](CC(=O)OCc1ccccc1)C(=O)c1ccc(Cl)cc1. The monoisotopic (exact) mass is 316 g/mol. The average Bonchev–Trinajstić information content (AvgIpc) is 2.54. The van der Waals surface area contributed by atoms with Crippen molar-refractivity contribution in [2.24, 2.45) is 5.92 Å². The number of esters is 1. The minimum atomic E-state index is -0.426. The standard InChI is InChI=1S/C18H17ClO3/c1-13(18(21)15-7-9-16(19)10-8-15)11-17(20)22-12-14-5-3-2-4-6-14/h2-10,13H,11-12H2,1H3/t13-/m1/s1. The van der Waals surface area contributed by atoms with Crippen LogP contribution in [0.5, 0.6) is 0 Å². The molecule has 0 heterocycles. The number of halogens is 1. The molecular weight excluding hydrogens is 300 g/mol. The van der Waals surface area contributed by atoms with Gasteiger partial charge in [-0.25, -0.2) is 0 Å². The zero-order valence-corrected chi connectivity index (χ0v) is 13.0. The van der Waals surface area contributed by atoms with Gasteiger partial charge in [0.2, 0.25) is 0 Å². The van der Waals surface area contributed by atoms with Gasteiger partial charge in [0.05, 0.1) is 6.42 Å². The van der Waals surface area contributed by atoms with Crippen molar-refractivity contribution in [3.05, 3.63) is 70.7 Å². The van der Waals surface area contributed by atoms with Crippen LogP contribution in [0.3, 0.4) is 0 Å². The quantitative estimate of drug-likeness (QED) is 0.589. The molecule has 0 radical (unpaired) electrons. The molecule has 0 amide bonds. The van der Waals surface area contributed by atoms with E-state index in [1.807, 2.05) is 30.3 Å². The fourth-order valence-electron chi connectivity index (χ4n) is 2.04. The van der Waals surface area contributed by atoms with E-state index >= 15 is 0 Å². The van der Waals surface area contributed by atoms with Crippen molar-refractivity contribution in [2.45, 2.75) is 20.0 Å². The van der Waals surface area contributed by atoms with E-state index in [1.165, 1.54) is 0 Å². The molecule has 22 heavy (non-hydrogen) atoms. The summed E-state index contributed by atoms with van der Waals surface area (Å²) < 4.78 is 5.19. The number of rotatable bonds is 6. The molecule has 4 heteroatoms. The summed E-state index contributed by atoms with van der Waals surface area (Å²) in [5, 5.41) is 0.575. The molecule has 0 unspecified atom stereocenters. The maximum Gasteiger partial charge on any atom is 0.306 e. The number of ether oxygens (including phenoxy) is 1. The summed E-state index contributed by atoms with van der Waals surface area (Å²) in [6, 6.07) is 16.1. The Morgan fingerprint density at radius 1 is 1.05 bits per heavy atom. The smallest absolute Gasteiger partial charge is 0.306 e. The van der Waals surface area contributed by atoms with E-state index in [0.29, 0.717) is 10.6 Å². The summed E-state index contributed by atoms with van der Waals surface area (Å²) in [5.74, 6) is -0.892. The number of carbonyl (C=O) groups is 2. The third-order valence-corrected chi connectivity index (χ3v) is 3.54. The predicted octanol–water partition coefficient (Wildman–Crippen LogP) is 4.29. The molecule has 0 aromatic heterocycles. The number of Topliss-reactive ketones (excluding diaryl/α,β-unsaturated/α-hetero) is 1. The van der Waals surface area contributed by atoms with Crippen LogP contribution >= 0.6 is 11.6 Å². The maximum absolute atomic E-state index is 12.2. The Morgan fingerprint density at radius 3 is 2.32 bits per heavy atom. The molecule has 0 saturated carbocycles. The molecule has 0 saturated heterocycles. The first kappa shape index (κ1) is 16.2. The van der Waals surface area contributed by atoms with E-state index in [4.69, 9.17) is 16.3 Å². The van der Waals surface area contributed by atoms with Crippen LogP contribution in [0.15, 0.2) is 54.6 Å². The molecule has 0 aliphatic carbocycles. The van der Waals surface area contributed by atoms with Gasteiger partial charge in [-0.3, -0.25) is 9.59 Å². The first-order valence-electron chi connectivity index (χ1n) is 7.05. The van der Waals surface area contributed by atoms with Gasteiger partial charge in [0.1, 0.15) is 6.61 Å². The first-order chi connectivity index (χ1) is 10.6. The Morgan fingerprint density at radius 2 is 1.68 bits per heavy atom.